The van der Waals surface area contributed by atoms with Crippen molar-refractivity contribution in [3.63, 3.8) is 0 Å². The average molecular weight is 524 g/mol. The maximum atomic E-state index is 12.9. The number of aryl methyl sites for hydroxylation is 1. The van der Waals surface area contributed by atoms with E-state index in [0.717, 1.165) is 27.1 Å². The first kappa shape index (κ1) is 24.7. The Labute approximate surface area is 224 Å². The summed E-state index contributed by atoms with van der Waals surface area (Å²) in [7, 11) is 0. The zero-order valence-electron chi connectivity index (χ0n) is 20.4. The topological polar surface area (TPSA) is 71.1 Å². The molecule has 7 heteroatoms. The normalized spacial score (nSPS) is 11.7. The molecule has 0 radical (unpaired) electrons. The maximum absolute atomic E-state index is 12.9. The van der Waals surface area contributed by atoms with E-state index in [4.69, 9.17) is 0 Å². The lowest BCUT2D eigenvalue weighted by Gasteiger charge is -2.12. The molecule has 1 aromatic heterocycles. The summed E-state index contributed by atoms with van der Waals surface area (Å²) >= 11 is 2.84. The van der Waals surface area contributed by atoms with E-state index in [9.17, 15) is 9.59 Å². The van der Waals surface area contributed by atoms with Gasteiger partial charge in [0.2, 0.25) is 5.91 Å². The first-order valence-electron chi connectivity index (χ1n) is 11.8. The standard InChI is InChI=1S/C30H25N3O2S2/c1-19-7-5-10-24(15-19)29(35)31-25-11-6-12-26(17-25)37-20(2)28(34)33-30-32-27(18-36-30)23-14-13-21-8-3-4-9-22(21)16-23/h3-18,20H,1-2H3,(H,31,35)(H,32,33,34). The molecule has 2 amide bonds. The van der Waals surface area contributed by atoms with Crippen LogP contribution in [-0.4, -0.2) is 22.0 Å². The van der Waals surface area contributed by atoms with E-state index < -0.39 is 0 Å². The number of fused-ring (bicyclic) bond motifs is 1. The Morgan fingerprint density at radius 1 is 0.865 bits per heavy atom. The van der Waals surface area contributed by atoms with Gasteiger partial charge < -0.3 is 10.6 Å². The fraction of sp³-hybridized carbons (Fsp3) is 0.100. The Morgan fingerprint density at radius 2 is 1.68 bits per heavy atom. The van der Waals surface area contributed by atoms with Crippen LogP contribution in [0.3, 0.4) is 0 Å². The predicted octanol–water partition coefficient (Wildman–Crippen LogP) is 7.64. The number of hydrogen-bond donors (Lipinski definition) is 2. The molecule has 0 aliphatic carbocycles. The summed E-state index contributed by atoms with van der Waals surface area (Å²) in [5.41, 5.74) is 4.17. The number of aromatic nitrogens is 1. The van der Waals surface area contributed by atoms with Gasteiger partial charge in [-0.3, -0.25) is 9.59 Å². The van der Waals surface area contributed by atoms with Crippen LogP contribution in [0.1, 0.15) is 22.8 Å². The third-order valence-corrected chi connectivity index (χ3v) is 7.69. The van der Waals surface area contributed by atoms with Crippen LogP contribution in [0.2, 0.25) is 0 Å². The molecule has 0 fully saturated rings. The van der Waals surface area contributed by atoms with E-state index in [2.05, 4.69) is 39.9 Å². The molecule has 2 N–H and O–H groups in total. The summed E-state index contributed by atoms with van der Waals surface area (Å²) in [5.74, 6) is -0.291. The van der Waals surface area contributed by atoms with Crippen molar-refractivity contribution in [1.29, 1.82) is 0 Å². The zero-order chi connectivity index (χ0) is 25.8. The number of thiazole rings is 1. The number of nitrogens with zero attached hydrogens (tertiary/aromatic N) is 1. The molecule has 1 heterocycles. The SMILES string of the molecule is Cc1cccc(C(=O)Nc2cccc(SC(C)C(=O)Nc3nc(-c4ccc5ccccc5c4)cs3)c2)c1. The van der Waals surface area contributed by atoms with Crippen molar-refractivity contribution in [3.05, 3.63) is 108 Å². The van der Waals surface area contributed by atoms with Gasteiger partial charge in [0.15, 0.2) is 5.13 Å². The van der Waals surface area contributed by atoms with Crippen LogP contribution >= 0.6 is 23.1 Å². The minimum Gasteiger partial charge on any atom is -0.322 e. The number of amides is 2. The second kappa shape index (κ2) is 11.0. The number of hydrogen-bond acceptors (Lipinski definition) is 5. The van der Waals surface area contributed by atoms with Crippen LogP contribution in [0.15, 0.2) is 101 Å². The first-order valence-corrected chi connectivity index (χ1v) is 13.6. The highest BCUT2D eigenvalue weighted by Crippen LogP contribution is 2.30. The Bertz CT molecular complexity index is 1590. The highest BCUT2D eigenvalue weighted by Gasteiger charge is 2.17. The van der Waals surface area contributed by atoms with Gasteiger partial charge in [-0.15, -0.1) is 23.1 Å². The third-order valence-electron chi connectivity index (χ3n) is 5.83. The number of carbonyl (C=O) groups is 2. The zero-order valence-corrected chi connectivity index (χ0v) is 22.0. The van der Waals surface area contributed by atoms with Gasteiger partial charge in [0.25, 0.3) is 5.91 Å². The van der Waals surface area contributed by atoms with Crippen molar-refractivity contribution in [2.24, 2.45) is 0 Å². The van der Waals surface area contributed by atoms with Crippen LogP contribution in [0.4, 0.5) is 10.8 Å². The van der Waals surface area contributed by atoms with Gasteiger partial charge in [-0.05, 0) is 61.0 Å². The summed E-state index contributed by atoms with van der Waals surface area (Å²) in [6.07, 6.45) is 0. The van der Waals surface area contributed by atoms with Crippen molar-refractivity contribution in [2.75, 3.05) is 10.6 Å². The van der Waals surface area contributed by atoms with E-state index >= 15 is 0 Å². The van der Waals surface area contributed by atoms with Crippen LogP contribution < -0.4 is 10.6 Å². The molecule has 1 atom stereocenters. The molecule has 5 nitrogen and oxygen atoms in total. The van der Waals surface area contributed by atoms with Gasteiger partial charge in [-0.1, -0.05) is 60.2 Å². The van der Waals surface area contributed by atoms with Crippen LogP contribution in [0.25, 0.3) is 22.0 Å². The Hall–Kier alpha value is -3.94. The molecular weight excluding hydrogens is 498 g/mol. The molecule has 5 aromatic rings. The third kappa shape index (κ3) is 6.07. The molecule has 37 heavy (non-hydrogen) atoms. The van der Waals surface area contributed by atoms with E-state index in [-0.39, 0.29) is 17.1 Å². The molecule has 184 valence electrons. The van der Waals surface area contributed by atoms with Crippen molar-refractivity contribution in [1.82, 2.24) is 4.98 Å². The van der Waals surface area contributed by atoms with E-state index in [1.165, 1.54) is 28.5 Å². The van der Waals surface area contributed by atoms with Gasteiger partial charge in [0, 0.05) is 27.1 Å². The smallest absolute Gasteiger partial charge is 0.255 e. The van der Waals surface area contributed by atoms with E-state index in [1.807, 2.05) is 79.9 Å². The van der Waals surface area contributed by atoms with Gasteiger partial charge in [-0.25, -0.2) is 4.98 Å². The van der Waals surface area contributed by atoms with Crippen molar-refractivity contribution in [2.45, 2.75) is 24.0 Å². The number of carbonyl (C=O) groups excluding carboxylic acids is 2. The minimum atomic E-state index is -0.351. The number of anilines is 2. The van der Waals surface area contributed by atoms with Crippen LogP contribution in [-0.2, 0) is 4.79 Å². The molecule has 1 unspecified atom stereocenters. The monoisotopic (exact) mass is 523 g/mol. The molecule has 5 rings (SSSR count). The van der Waals surface area contributed by atoms with Gasteiger partial charge >= 0.3 is 0 Å². The molecule has 4 aromatic carbocycles. The van der Waals surface area contributed by atoms with Crippen molar-refractivity contribution >= 4 is 56.5 Å². The number of rotatable bonds is 7. The number of nitrogens with one attached hydrogen (secondary N) is 2. The Kier molecular flexibility index (Phi) is 7.35. The molecule has 0 saturated carbocycles. The summed E-state index contributed by atoms with van der Waals surface area (Å²) in [4.78, 5) is 31.0. The van der Waals surface area contributed by atoms with Gasteiger partial charge in [-0.2, -0.15) is 0 Å². The van der Waals surface area contributed by atoms with Gasteiger partial charge in [0.05, 0.1) is 10.9 Å². The molecule has 0 saturated heterocycles. The summed E-state index contributed by atoms with van der Waals surface area (Å²) in [5, 5.41) is 10.4. The summed E-state index contributed by atoms with van der Waals surface area (Å²) < 4.78 is 0. The highest BCUT2D eigenvalue weighted by molar-refractivity contribution is 8.00. The molecule has 0 aliphatic rings. The molecule has 0 spiro atoms. The van der Waals surface area contributed by atoms with Crippen molar-refractivity contribution < 1.29 is 9.59 Å². The lowest BCUT2D eigenvalue weighted by Crippen LogP contribution is -2.22. The fourth-order valence-electron chi connectivity index (χ4n) is 3.91. The highest BCUT2D eigenvalue weighted by atomic mass is 32.2. The Balaban J connectivity index is 1.21. The predicted molar refractivity (Wildman–Crippen MR) is 155 cm³/mol. The number of benzene rings is 4. The number of thioether (sulfide) groups is 1. The second-order valence-corrected chi connectivity index (χ2v) is 11.0. The van der Waals surface area contributed by atoms with E-state index in [1.54, 1.807) is 6.07 Å². The molecule has 0 aliphatic heterocycles. The van der Waals surface area contributed by atoms with Crippen LogP contribution in [0, 0.1) is 6.92 Å². The lowest BCUT2D eigenvalue weighted by molar-refractivity contribution is -0.115. The Morgan fingerprint density at radius 3 is 2.51 bits per heavy atom. The van der Waals surface area contributed by atoms with E-state index in [0.29, 0.717) is 16.4 Å². The maximum Gasteiger partial charge on any atom is 0.255 e. The molecule has 0 bridgehead atoms. The lowest BCUT2D eigenvalue weighted by atomic mass is 10.1. The second-order valence-electron chi connectivity index (χ2n) is 8.70. The summed E-state index contributed by atoms with van der Waals surface area (Å²) in [6, 6.07) is 29.4. The summed E-state index contributed by atoms with van der Waals surface area (Å²) in [6.45, 7) is 3.81. The quantitative estimate of drug-likeness (QED) is 0.215. The largest absolute Gasteiger partial charge is 0.322 e. The van der Waals surface area contributed by atoms with Crippen LogP contribution in [0.5, 0.6) is 0 Å². The van der Waals surface area contributed by atoms with Gasteiger partial charge in [0.1, 0.15) is 0 Å². The first-order chi connectivity index (χ1) is 17.9. The molecular formula is C30H25N3O2S2. The average Bonchev–Trinajstić information content (AvgIpc) is 3.37. The van der Waals surface area contributed by atoms with Crippen molar-refractivity contribution in [3.8, 4) is 11.3 Å². The fourth-order valence-corrected chi connectivity index (χ4v) is 5.56. The minimum absolute atomic E-state index is 0.126.